The van der Waals surface area contributed by atoms with E-state index in [1.165, 1.54) is 17.3 Å². The third kappa shape index (κ3) is 3.16. The third-order valence-corrected chi connectivity index (χ3v) is 4.02. The lowest BCUT2D eigenvalue weighted by Gasteiger charge is -2.16. The summed E-state index contributed by atoms with van der Waals surface area (Å²) in [4.78, 5) is 19.6. The van der Waals surface area contributed by atoms with Gasteiger partial charge in [0.05, 0.1) is 12.2 Å². The van der Waals surface area contributed by atoms with E-state index in [2.05, 4.69) is 40.7 Å². The molecule has 11 nitrogen and oxygen atoms in total. The average Bonchev–Trinajstić information content (AvgIpc) is 3.36. The number of rotatable bonds is 4. The van der Waals surface area contributed by atoms with Gasteiger partial charge in [-0.1, -0.05) is 0 Å². The molecule has 4 heterocycles. The molecule has 0 aliphatic carbocycles. The fraction of sp³-hybridized carbons (Fsp3) is 0.357. The summed E-state index contributed by atoms with van der Waals surface area (Å²) in [7, 11) is 1.67. The lowest BCUT2D eigenvalue weighted by atomic mass is 10.3. The summed E-state index contributed by atoms with van der Waals surface area (Å²) in [5.74, 6) is 0.730. The summed E-state index contributed by atoms with van der Waals surface area (Å²) >= 11 is 0. The van der Waals surface area contributed by atoms with E-state index in [1.54, 1.807) is 25.5 Å². The molecule has 1 N–H and O–H groups in total. The number of nitrogens with zero attached hydrogens (tertiary/aromatic N) is 9. The summed E-state index contributed by atoms with van der Waals surface area (Å²) in [5.41, 5.74) is 0.224. The van der Waals surface area contributed by atoms with Crippen molar-refractivity contribution in [2.75, 3.05) is 23.3 Å². The van der Waals surface area contributed by atoms with Gasteiger partial charge < -0.3 is 10.2 Å². The largest absolute Gasteiger partial charge is 0.353 e. The van der Waals surface area contributed by atoms with E-state index in [0.29, 0.717) is 5.82 Å². The van der Waals surface area contributed by atoms with Gasteiger partial charge >= 0.3 is 0 Å². The molecule has 0 radical (unpaired) electrons. The molecule has 3 aromatic rings. The number of aryl methyl sites for hydroxylation is 1. The molecule has 1 fully saturated rings. The normalized spacial score (nSPS) is 17.0. The first-order chi connectivity index (χ1) is 12.2. The van der Waals surface area contributed by atoms with Crippen molar-refractivity contribution >= 4 is 17.5 Å². The van der Waals surface area contributed by atoms with Gasteiger partial charge in [-0.15, -0.1) is 15.3 Å². The molecule has 25 heavy (non-hydrogen) atoms. The molecule has 11 heteroatoms. The standard InChI is InChI=1S/C14H16N10O/c1-22-16-6-12(21-22)18-14(25)11-2-3-13(20-19-11)23-5-4-10(7-23)24-9-15-8-17-24/h2-3,6,8-10H,4-5,7H2,1H3,(H,18,21,25). The zero-order chi connectivity index (χ0) is 17.2. The van der Waals surface area contributed by atoms with Crippen LogP contribution in [0.2, 0.25) is 0 Å². The van der Waals surface area contributed by atoms with Gasteiger partial charge in [-0.05, 0) is 18.6 Å². The molecule has 0 spiro atoms. The third-order valence-electron chi connectivity index (χ3n) is 4.02. The summed E-state index contributed by atoms with van der Waals surface area (Å²) in [6.45, 7) is 1.63. The average molecular weight is 340 g/mol. The fourth-order valence-electron chi connectivity index (χ4n) is 2.77. The molecular weight excluding hydrogens is 324 g/mol. The Morgan fingerprint density at radius 3 is 2.88 bits per heavy atom. The highest BCUT2D eigenvalue weighted by Crippen LogP contribution is 2.24. The Balaban J connectivity index is 1.41. The second kappa shape index (κ2) is 6.26. The molecule has 0 aromatic carbocycles. The smallest absolute Gasteiger partial charge is 0.277 e. The monoisotopic (exact) mass is 340 g/mol. The topological polar surface area (TPSA) is 120 Å². The zero-order valence-electron chi connectivity index (χ0n) is 13.5. The summed E-state index contributed by atoms with van der Waals surface area (Å²) in [5, 5.41) is 22.9. The Labute approximate surface area is 142 Å². The Hall–Kier alpha value is -3.37. The summed E-state index contributed by atoms with van der Waals surface area (Å²) in [6.07, 6.45) is 5.68. The summed E-state index contributed by atoms with van der Waals surface area (Å²) in [6, 6.07) is 3.71. The van der Waals surface area contributed by atoms with Crippen LogP contribution >= 0.6 is 0 Å². The van der Waals surface area contributed by atoms with Crippen molar-refractivity contribution in [3.8, 4) is 0 Å². The van der Waals surface area contributed by atoms with Crippen LogP contribution in [0.15, 0.2) is 31.0 Å². The van der Waals surface area contributed by atoms with E-state index < -0.39 is 0 Å². The number of amides is 1. The van der Waals surface area contributed by atoms with Crippen molar-refractivity contribution in [1.29, 1.82) is 0 Å². The van der Waals surface area contributed by atoms with Gasteiger partial charge in [-0.25, -0.2) is 9.67 Å². The Kier molecular flexibility index (Phi) is 3.80. The van der Waals surface area contributed by atoms with E-state index in [0.717, 1.165) is 25.3 Å². The maximum Gasteiger partial charge on any atom is 0.277 e. The number of nitrogens with one attached hydrogen (secondary N) is 1. The SMILES string of the molecule is Cn1ncc(NC(=O)c2ccc(N3CCC(n4cncn4)C3)nn2)n1. The van der Waals surface area contributed by atoms with E-state index in [-0.39, 0.29) is 17.6 Å². The minimum Gasteiger partial charge on any atom is -0.353 e. The van der Waals surface area contributed by atoms with Gasteiger partial charge in [0, 0.05) is 20.1 Å². The van der Waals surface area contributed by atoms with E-state index in [4.69, 9.17) is 0 Å². The van der Waals surface area contributed by atoms with E-state index in [1.807, 2.05) is 4.68 Å². The van der Waals surface area contributed by atoms with E-state index >= 15 is 0 Å². The van der Waals surface area contributed by atoms with Crippen LogP contribution in [0.3, 0.4) is 0 Å². The van der Waals surface area contributed by atoms with Crippen LogP contribution in [0, 0.1) is 0 Å². The minimum atomic E-state index is -0.374. The van der Waals surface area contributed by atoms with Gasteiger partial charge in [-0.2, -0.15) is 15.0 Å². The Bertz CT molecular complexity index is 856. The molecular formula is C14H16N10O. The lowest BCUT2D eigenvalue weighted by molar-refractivity contribution is 0.102. The van der Waals surface area contributed by atoms with Gasteiger partial charge in [0.15, 0.2) is 17.3 Å². The molecule has 1 atom stereocenters. The molecule has 3 aromatic heterocycles. The van der Waals surface area contributed by atoms with E-state index in [9.17, 15) is 4.79 Å². The number of carbonyl (C=O) groups excluding carboxylic acids is 1. The predicted octanol–water partition coefficient (Wildman–Crippen LogP) is -0.0997. The fourth-order valence-corrected chi connectivity index (χ4v) is 2.77. The van der Waals surface area contributed by atoms with Crippen molar-refractivity contribution in [1.82, 2.24) is 40.0 Å². The second-order valence-electron chi connectivity index (χ2n) is 5.71. The predicted molar refractivity (Wildman–Crippen MR) is 86.9 cm³/mol. The first-order valence-corrected chi connectivity index (χ1v) is 7.79. The first kappa shape index (κ1) is 15.2. The van der Waals surface area contributed by atoms with Crippen LogP contribution in [-0.4, -0.2) is 59.0 Å². The number of anilines is 2. The highest BCUT2D eigenvalue weighted by Gasteiger charge is 2.25. The molecule has 128 valence electrons. The number of hydrogen-bond donors (Lipinski definition) is 1. The maximum atomic E-state index is 12.1. The van der Waals surface area contributed by atoms with Crippen molar-refractivity contribution < 1.29 is 4.79 Å². The summed E-state index contributed by atoms with van der Waals surface area (Å²) < 4.78 is 1.86. The Morgan fingerprint density at radius 2 is 2.20 bits per heavy atom. The quantitative estimate of drug-likeness (QED) is 0.699. The highest BCUT2D eigenvalue weighted by atomic mass is 16.2. The second-order valence-corrected chi connectivity index (χ2v) is 5.71. The number of hydrogen-bond acceptors (Lipinski definition) is 8. The molecule has 0 bridgehead atoms. The number of aromatic nitrogens is 8. The molecule has 4 rings (SSSR count). The first-order valence-electron chi connectivity index (χ1n) is 7.79. The van der Waals surface area contributed by atoms with Crippen molar-refractivity contribution in [2.45, 2.75) is 12.5 Å². The molecule has 0 saturated carbocycles. The van der Waals surface area contributed by atoms with Crippen molar-refractivity contribution in [3.05, 3.63) is 36.7 Å². The minimum absolute atomic E-state index is 0.224. The molecule has 1 aliphatic heterocycles. The van der Waals surface area contributed by atoms with Gasteiger partial charge in [0.25, 0.3) is 5.91 Å². The maximum absolute atomic E-state index is 12.1. The van der Waals surface area contributed by atoms with Crippen LogP contribution in [0.1, 0.15) is 23.0 Å². The van der Waals surface area contributed by atoms with Crippen LogP contribution in [0.5, 0.6) is 0 Å². The van der Waals surface area contributed by atoms with Crippen molar-refractivity contribution in [2.24, 2.45) is 7.05 Å². The van der Waals surface area contributed by atoms with Crippen LogP contribution in [0.25, 0.3) is 0 Å². The van der Waals surface area contributed by atoms with Gasteiger partial charge in [0.1, 0.15) is 12.7 Å². The molecule has 1 amide bonds. The lowest BCUT2D eigenvalue weighted by Crippen LogP contribution is -2.23. The highest BCUT2D eigenvalue weighted by molar-refractivity contribution is 6.02. The Morgan fingerprint density at radius 1 is 1.28 bits per heavy atom. The van der Waals surface area contributed by atoms with Crippen molar-refractivity contribution in [3.63, 3.8) is 0 Å². The van der Waals surface area contributed by atoms with Crippen LogP contribution < -0.4 is 10.2 Å². The molecule has 1 saturated heterocycles. The zero-order valence-corrected chi connectivity index (χ0v) is 13.5. The molecule has 1 aliphatic rings. The van der Waals surface area contributed by atoms with Gasteiger partial charge in [0.2, 0.25) is 0 Å². The number of carbonyl (C=O) groups is 1. The van der Waals surface area contributed by atoms with Crippen LogP contribution in [0.4, 0.5) is 11.6 Å². The van der Waals surface area contributed by atoms with Gasteiger partial charge in [-0.3, -0.25) is 4.79 Å². The van der Waals surface area contributed by atoms with Crippen LogP contribution in [-0.2, 0) is 7.05 Å². The molecule has 1 unspecified atom stereocenters.